The molecular formula is C25H22ClN3O4S. The van der Waals surface area contributed by atoms with Crippen molar-refractivity contribution in [1.29, 1.82) is 0 Å². The van der Waals surface area contributed by atoms with Crippen molar-refractivity contribution >= 4 is 34.7 Å². The number of aliphatic hydroxyl groups is 1. The normalized spacial score (nSPS) is 44.3. The second-order valence-corrected chi connectivity index (χ2v) is 11.6. The summed E-state index contributed by atoms with van der Waals surface area (Å²) in [5.74, 6) is 1.95. The highest BCUT2D eigenvalue weighted by atomic mass is 35.5. The fourth-order valence-corrected chi connectivity index (χ4v) is 10.1. The van der Waals surface area contributed by atoms with Crippen molar-refractivity contribution < 1.29 is 19.7 Å². The number of carbonyl (C=O) groups is 1. The van der Waals surface area contributed by atoms with Crippen LogP contribution in [0.2, 0.25) is 5.02 Å². The number of halogens is 1. The molecule has 0 bridgehead atoms. The van der Waals surface area contributed by atoms with Gasteiger partial charge < -0.3 is 20.3 Å². The SMILES string of the molecule is CCOC(O)C1=C(C23C4C5C2C2C3C4C52C(=O)O)NC(c2nccs2)=NC1c1ccccc1Cl. The van der Waals surface area contributed by atoms with E-state index in [0.29, 0.717) is 40.8 Å². The molecule has 2 unspecified atom stereocenters. The highest BCUT2D eigenvalue weighted by molar-refractivity contribution is 7.11. The van der Waals surface area contributed by atoms with Crippen LogP contribution in [0.5, 0.6) is 0 Å². The van der Waals surface area contributed by atoms with Crippen molar-refractivity contribution in [3.63, 3.8) is 0 Å². The highest BCUT2D eigenvalue weighted by Crippen LogP contribution is 3.11. The quantitative estimate of drug-likeness (QED) is 0.509. The second-order valence-electron chi connectivity index (χ2n) is 10.3. The standard InChI is InChI=1S/C25H22ClN3O4S/c1-2-33-22(30)11-18(9-5-3-4-6-10(9)26)28-20(21-27-7-8-34-21)29-19(11)24-12-15-13(24)17-14(24)16(12)25(15,17)23(31)32/h3-8,12-18,22,30H,2H2,1H3,(H,28,29)(H,31,32). The summed E-state index contributed by atoms with van der Waals surface area (Å²) >= 11 is 8.15. The predicted octanol–water partition coefficient (Wildman–Crippen LogP) is 3.32. The van der Waals surface area contributed by atoms with Gasteiger partial charge in [-0.05, 0) is 54.1 Å². The molecule has 9 heteroatoms. The zero-order valence-electron chi connectivity index (χ0n) is 18.2. The molecule has 3 N–H and O–H groups in total. The van der Waals surface area contributed by atoms with Gasteiger partial charge in [-0.2, -0.15) is 0 Å². The van der Waals surface area contributed by atoms with E-state index in [1.54, 1.807) is 6.20 Å². The van der Waals surface area contributed by atoms with Crippen molar-refractivity contribution in [3.8, 4) is 0 Å². The summed E-state index contributed by atoms with van der Waals surface area (Å²) in [7, 11) is 0. The maximum atomic E-state index is 12.1. The Labute approximate surface area is 204 Å². The molecule has 6 aliphatic carbocycles. The van der Waals surface area contributed by atoms with Gasteiger partial charge in [-0.15, -0.1) is 11.3 Å². The molecule has 9 rings (SSSR count). The Morgan fingerprint density at radius 2 is 1.94 bits per heavy atom. The average molecular weight is 496 g/mol. The summed E-state index contributed by atoms with van der Waals surface area (Å²) in [6.45, 7) is 2.21. The van der Waals surface area contributed by atoms with Gasteiger partial charge in [0.05, 0.1) is 5.41 Å². The summed E-state index contributed by atoms with van der Waals surface area (Å²) in [5.41, 5.74) is 1.92. The Kier molecular flexibility index (Phi) is 3.59. The summed E-state index contributed by atoms with van der Waals surface area (Å²) in [6, 6.07) is 7.07. The Morgan fingerprint density at radius 1 is 1.24 bits per heavy atom. The first-order chi connectivity index (χ1) is 16.5. The number of aliphatic carboxylic acids is 1. The molecule has 174 valence electrons. The minimum Gasteiger partial charge on any atom is -0.481 e. The molecule has 0 saturated heterocycles. The number of rotatable bonds is 7. The number of hydrogen-bond acceptors (Lipinski definition) is 7. The molecule has 2 atom stereocenters. The minimum atomic E-state index is -1.13. The third kappa shape index (κ3) is 1.74. The number of nitrogens with one attached hydrogen (secondary N) is 1. The Morgan fingerprint density at radius 3 is 2.53 bits per heavy atom. The van der Waals surface area contributed by atoms with Gasteiger partial charge in [0.25, 0.3) is 0 Å². The Hall–Kier alpha value is -2.26. The number of carboxylic acid groups (broad SMARTS) is 1. The van der Waals surface area contributed by atoms with Crippen molar-refractivity contribution in [3.05, 3.63) is 62.7 Å². The molecule has 2 heterocycles. The van der Waals surface area contributed by atoms with Gasteiger partial charge in [0, 0.05) is 39.9 Å². The van der Waals surface area contributed by atoms with E-state index in [-0.39, 0.29) is 23.2 Å². The molecule has 1 aromatic heterocycles. The Bertz CT molecular complexity index is 1280. The van der Waals surface area contributed by atoms with Crippen LogP contribution in [0.25, 0.3) is 0 Å². The molecule has 34 heavy (non-hydrogen) atoms. The molecule has 0 radical (unpaired) electrons. The van der Waals surface area contributed by atoms with Gasteiger partial charge in [-0.3, -0.25) is 9.79 Å². The zero-order valence-corrected chi connectivity index (χ0v) is 19.8. The molecule has 0 spiro atoms. The monoisotopic (exact) mass is 495 g/mol. The van der Waals surface area contributed by atoms with Gasteiger partial charge >= 0.3 is 5.97 Å². The number of aliphatic imine (C=N–C) groups is 1. The van der Waals surface area contributed by atoms with E-state index < -0.39 is 23.7 Å². The van der Waals surface area contributed by atoms with Crippen molar-refractivity contribution in [2.75, 3.05) is 6.61 Å². The molecule has 6 fully saturated rings. The van der Waals surface area contributed by atoms with Crippen LogP contribution >= 0.6 is 22.9 Å². The van der Waals surface area contributed by atoms with Crippen LogP contribution in [0.1, 0.15) is 23.5 Å². The van der Waals surface area contributed by atoms with Crippen LogP contribution in [-0.2, 0) is 9.53 Å². The molecule has 1 aliphatic heterocycles. The number of aliphatic hydroxyl groups excluding tert-OH is 1. The van der Waals surface area contributed by atoms with Crippen molar-refractivity contribution in [2.45, 2.75) is 19.3 Å². The summed E-state index contributed by atoms with van der Waals surface area (Å²) in [6.07, 6.45) is 0.619. The van der Waals surface area contributed by atoms with E-state index >= 15 is 0 Å². The fraction of sp³-hybridized carbons (Fsp3) is 0.480. The first kappa shape index (κ1) is 20.0. The number of ether oxygens (including phenoxy) is 1. The first-order valence-corrected chi connectivity index (χ1v) is 13.0. The van der Waals surface area contributed by atoms with E-state index in [9.17, 15) is 15.0 Å². The van der Waals surface area contributed by atoms with Gasteiger partial charge in [0.1, 0.15) is 6.04 Å². The lowest BCUT2D eigenvalue weighted by Crippen LogP contribution is -3.11. The van der Waals surface area contributed by atoms with E-state index in [0.717, 1.165) is 16.3 Å². The fourth-order valence-electron chi connectivity index (χ4n) is 9.26. The number of hydrogen-bond donors (Lipinski definition) is 3. The number of amidine groups is 1. The summed E-state index contributed by atoms with van der Waals surface area (Å²) in [4.78, 5) is 21.6. The molecule has 2 aromatic rings. The van der Waals surface area contributed by atoms with Crippen LogP contribution in [0, 0.1) is 46.3 Å². The van der Waals surface area contributed by atoms with Crippen LogP contribution < -0.4 is 5.32 Å². The largest absolute Gasteiger partial charge is 0.481 e. The lowest BCUT2D eigenvalue weighted by Gasteiger charge is -3.10. The smallest absolute Gasteiger partial charge is 0.310 e. The molecule has 7 aliphatic rings. The molecular weight excluding hydrogens is 474 g/mol. The van der Waals surface area contributed by atoms with Crippen LogP contribution in [0.15, 0.2) is 52.1 Å². The lowest BCUT2D eigenvalue weighted by molar-refractivity contribution is -0.633. The topological polar surface area (TPSA) is 104 Å². The number of aromatic nitrogens is 1. The number of nitrogens with zero attached hydrogens (tertiary/aromatic N) is 2. The van der Waals surface area contributed by atoms with Crippen LogP contribution in [0.4, 0.5) is 0 Å². The van der Waals surface area contributed by atoms with Crippen molar-refractivity contribution in [2.24, 2.45) is 51.3 Å². The number of benzene rings is 1. The minimum absolute atomic E-state index is 0.109. The summed E-state index contributed by atoms with van der Waals surface area (Å²) < 4.78 is 5.74. The second kappa shape index (κ2) is 6.10. The molecule has 6 saturated carbocycles. The predicted molar refractivity (Wildman–Crippen MR) is 124 cm³/mol. The number of allylic oxidation sites excluding steroid dienone is 1. The number of carboxylic acids is 1. The van der Waals surface area contributed by atoms with Crippen LogP contribution in [0.3, 0.4) is 0 Å². The molecule has 0 amide bonds. The third-order valence-corrected chi connectivity index (χ3v) is 11.1. The maximum absolute atomic E-state index is 12.1. The van der Waals surface area contributed by atoms with E-state index in [4.69, 9.17) is 21.3 Å². The lowest BCUT2D eigenvalue weighted by atomic mass is 8.92. The Balaban J connectivity index is 1.29. The van der Waals surface area contributed by atoms with Gasteiger partial charge in [-0.1, -0.05) is 29.8 Å². The van der Waals surface area contributed by atoms with E-state index in [1.165, 1.54) is 11.3 Å². The van der Waals surface area contributed by atoms with E-state index in [1.807, 2.05) is 36.6 Å². The van der Waals surface area contributed by atoms with Gasteiger partial charge in [-0.25, -0.2) is 4.98 Å². The van der Waals surface area contributed by atoms with Gasteiger partial charge in [0.15, 0.2) is 17.1 Å². The van der Waals surface area contributed by atoms with Crippen LogP contribution in [-0.4, -0.2) is 39.9 Å². The highest BCUT2D eigenvalue weighted by Gasteiger charge is 3.12. The van der Waals surface area contributed by atoms with Gasteiger partial charge in [0.2, 0.25) is 0 Å². The average Bonchev–Trinajstić information content (AvgIpc) is 3.38. The molecule has 1 aromatic carbocycles. The van der Waals surface area contributed by atoms with Crippen molar-refractivity contribution in [1.82, 2.24) is 10.3 Å². The summed E-state index contributed by atoms with van der Waals surface area (Å²) in [5, 5.41) is 28.1. The number of thiazole rings is 1. The molecule has 7 nitrogen and oxygen atoms in total. The first-order valence-electron chi connectivity index (χ1n) is 11.8. The zero-order chi connectivity index (χ0) is 23.1. The van der Waals surface area contributed by atoms with E-state index in [2.05, 4.69) is 10.3 Å². The maximum Gasteiger partial charge on any atom is 0.310 e. The third-order valence-electron chi connectivity index (χ3n) is 9.94.